The van der Waals surface area contributed by atoms with Crippen molar-refractivity contribution in [1.29, 1.82) is 0 Å². The van der Waals surface area contributed by atoms with E-state index >= 15 is 0 Å². The lowest BCUT2D eigenvalue weighted by Gasteiger charge is -2.35. The van der Waals surface area contributed by atoms with Gasteiger partial charge >= 0.3 is 0 Å². The van der Waals surface area contributed by atoms with Crippen LogP contribution in [0.15, 0.2) is 115 Å². The van der Waals surface area contributed by atoms with Crippen LogP contribution in [0.5, 0.6) is 0 Å². The summed E-state index contributed by atoms with van der Waals surface area (Å²) in [5, 5.41) is 3.00. The fraction of sp³-hybridized carbons (Fsp3) is 0.103. The largest absolute Gasteiger partial charge is 0.368 e. The van der Waals surface area contributed by atoms with Crippen molar-refractivity contribution in [2.24, 2.45) is 5.73 Å². The van der Waals surface area contributed by atoms with E-state index < -0.39 is 17.4 Å². The molecular formula is C29H25IN2O2. The number of carbonyl (C=O) groups excluding carboxylic acids is 2. The summed E-state index contributed by atoms with van der Waals surface area (Å²) in [6.45, 7) is 0. The first-order chi connectivity index (χ1) is 16.5. The summed E-state index contributed by atoms with van der Waals surface area (Å²) in [6, 6.07) is 35.9. The van der Waals surface area contributed by atoms with Crippen molar-refractivity contribution in [1.82, 2.24) is 5.32 Å². The van der Waals surface area contributed by atoms with Gasteiger partial charge in [-0.2, -0.15) is 0 Å². The molecule has 0 fully saturated rings. The van der Waals surface area contributed by atoms with Gasteiger partial charge in [0.15, 0.2) is 0 Å². The summed E-state index contributed by atoms with van der Waals surface area (Å²) in [5.41, 5.74) is 7.97. The summed E-state index contributed by atoms with van der Waals surface area (Å²) in [5.74, 6) is -0.874. The Balaban J connectivity index is 1.84. The van der Waals surface area contributed by atoms with E-state index in [0.717, 1.165) is 25.8 Å². The minimum absolute atomic E-state index is 0.300. The first-order valence-corrected chi connectivity index (χ1v) is 12.1. The van der Waals surface area contributed by atoms with E-state index in [1.165, 1.54) is 0 Å². The van der Waals surface area contributed by atoms with Crippen LogP contribution in [0.3, 0.4) is 0 Å². The first-order valence-electron chi connectivity index (χ1n) is 11.0. The normalized spacial score (nSPS) is 12.0. The van der Waals surface area contributed by atoms with Gasteiger partial charge in [-0.05, 0) is 57.0 Å². The van der Waals surface area contributed by atoms with Crippen molar-refractivity contribution in [3.05, 3.63) is 141 Å². The molecule has 4 aromatic rings. The Morgan fingerprint density at radius 1 is 0.735 bits per heavy atom. The fourth-order valence-electron chi connectivity index (χ4n) is 4.35. The summed E-state index contributed by atoms with van der Waals surface area (Å²) >= 11 is 2.23. The Kier molecular flexibility index (Phi) is 7.43. The molecule has 0 aliphatic rings. The molecule has 0 radical (unpaired) electrons. The molecule has 170 valence electrons. The summed E-state index contributed by atoms with van der Waals surface area (Å²) in [7, 11) is 0. The monoisotopic (exact) mass is 560 g/mol. The summed E-state index contributed by atoms with van der Waals surface area (Å²) in [4.78, 5) is 26.8. The van der Waals surface area contributed by atoms with Crippen molar-refractivity contribution >= 4 is 34.4 Å². The van der Waals surface area contributed by atoms with Crippen LogP contribution in [0.25, 0.3) is 0 Å². The predicted molar refractivity (Wildman–Crippen MR) is 143 cm³/mol. The second-order valence-corrected chi connectivity index (χ2v) is 9.36. The molecule has 1 atom stereocenters. The van der Waals surface area contributed by atoms with Crippen LogP contribution >= 0.6 is 22.6 Å². The molecule has 0 saturated carbocycles. The van der Waals surface area contributed by atoms with Crippen LogP contribution in [0.4, 0.5) is 0 Å². The molecule has 0 aliphatic carbocycles. The number of benzene rings is 4. The maximum atomic E-state index is 14.3. The van der Waals surface area contributed by atoms with Crippen LogP contribution in [0.1, 0.15) is 22.3 Å². The number of rotatable bonds is 8. The molecule has 4 rings (SSSR count). The number of halogens is 1. The zero-order valence-electron chi connectivity index (χ0n) is 18.5. The number of hydrogen-bond acceptors (Lipinski definition) is 2. The maximum absolute atomic E-state index is 14.3. The molecule has 3 N–H and O–H groups in total. The van der Waals surface area contributed by atoms with Gasteiger partial charge < -0.3 is 11.1 Å². The lowest BCUT2D eigenvalue weighted by Crippen LogP contribution is -2.54. The van der Waals surface area contributed by atoms with E-state index in [4.69, 9.17) is 5.73 Å². The third-order valence-corrected chi connectivity index (χ3v) is 6.61. The van der Waals surface area contributed by atoms with E-state index in [1.807, 2.05) is 115 Å². The lowest BCUT2D eigenvalue weighted by atomic mass is 9.68. The predicted octanol–water partition coefficient (Wildman–Crippen LogP) is 4.84. The summed E-state index contributed by atoms with van der Waals surface area (Å²) in [6.07, 6.45) is 0.312. The van der Waals surface area contributed by atoms with Crippen molar-refractivity contribution in [2.45, 2.75) is 17.9 Å². The van der Waals surface area contributed by atoms with Crippen LogP contribution in [0.2, 0.25) is 0 Å². The highest BCUT2D eigenvalue weighted by Crippen LogP contribution is 2.39. The molecule has 0 bridgehead atoms. The van der Waals surface area contributed by atoms with Gasteiger partial charge in [-0.1, -0.05) is 103 Å². The summed E-state index contributed by atoms with van der Waals surface area (Å²) < 4.78 is 1.05. The highest BCUT2D eigenvalue weighted by molar-refractivity contribution is 14.1. The molecule has 0 saturated heterocycles. The van der Waals surface area contributed by atoms with Gasteiger partial charge in [0.25, 0.3) is 0 Å². The Hall–Kier alpha value is -3.45. The molecule has 0 aromatic heterocycles. The molecule has 4 nitrogen and oxygen atoms in total. The van der Waals surface area contributed by atoms with Crippen LogP contribution in [-0.2, 0) is 21.4 Å². The molecular weight excluding hydrogens is 535 g/mol. The quantitative estimate of drug-likeness (QED) is 0.239. The molecule has 0 spiro atoms. The molecule has 34 heavy (non-hydrogen) atoms. The Labute approximate surface area is 213 Å². The lowest BCUT2D eigenvalue weighted by molar-refractivity contribution is -0.129. The minimum Gasteiger partial charge on any atom is -0.368 e. The average Bonchev–Trinajstić information content (AvgIpc) is 2.86. The van der Waals surface area contributed by atoms with E-state index in [0.29, 0.717) is 6.42 Å². The highest BCUT2D eigenvalue weighted by Gasteiger charge is 2.44. The van der Waals surface area contributed by atoms with Gasteiger partial charge in [0.05, 0.1) is 0 Å². The van der Waals surface area contributed by atoms with E-state index in [-0.39, 0.29) is 5.91 Å². The first kappa shape index (κ1) is 23.7. The number of nitrogens with two attached hydrogens (primary N) is 1. The number of nitrogens with one attached hydrogen (secondary N) is 1. The van der Waals surface area contributed by atoms with Crippen molar-refractivity contribution < 1.29 is 9.59 Å². The zero-order valence-corrected chi connectivity index (χ0v) is 20.7. The van der Waals surface area contributed by atoms with Crippen molar-refractivity contribution in [3.63, 3.8) is 0 Å². The number of hydrogen-bond donors (Lipinski definition) is 2. The average molecular weight is 560 g/mol. The van der Waals surface area contributed by atoms with Crippen molar-refractivity contribution in [2.75, 3.05) is 0 Å². The van der Waals surface area contributed by atoms with Gasteiger partial charge in [-0.15, -0.1) is 0 Å². The molecule has 0 unspecified atom stereocenters. The Morgan fingerprint density at radius 2 is 1.21 bits per heavy atom. The van der Waals surface area contributed by atoms with Gasteiger partial charge in [-0.3, -0.25) is 9.59 Å². The fourth-order valence-corrected chi connectivity index (χ4v) is 4.95. The van der Waals surface area contributed by atoms with Gasteiger partial charge in [-0.25, -0.2) is 0 Å². The molecule has 5 heteroatoms. The SMILES string of the molecule is NC(=O)[C@@H](Cc1cccc(I)c1)NC(=O)C(c1ccccc1)(c1ccccc1)c1ccccc1. The minimum atomic E-state index is -1.16. The Morgan fingerprint density at radius 3 is 1.62 bits per heavy atom. The Bertz CT molecular complexity index is 1160. The highest BCUT2D eigenvalue weighted by atomic mass is 127. The van der Waals surface area contributed by atoms with Gasteiger partial charge in [0.2, 0.25) is 11.8 Å². The third-order valence-electron chi connectivity index (χ3n) is 5.94. The molecule has 2 amide bonds. The molecule has 0 heterocycles. The van der Waals surface area contributed by atoms with Crippen LogP contribution < -0.4 is 11.1 Å². The van der Waals surface area contributed by atoms with Crippen LogP contribution in [0, 0.1) is 3.57 Å². The van der Waals surface area contributed by atoms with E-state index in [2.05, 4.69) is 27.9 Å². The molecule has 0 aliphatic heterocycles. The second-order valence-electron chi connectivity index (χ2n) is 8.11. The van der Waals surface area contributed by atoms with E-state index in [9.17, 15) is 9.59 Å². The third kappa shape index (κ3) is 4.89. The standard InChI is InChI=1S/C29H25IN2O2/c30-25-18-10-11-21(19-25)20-26(27(31)33)32-28(34)29(22-12-4-1-5-13-22,23-14-6-2-7-15-23)24-16-8-3-9-17-24/h1-19,26H,20H2,(H2,31,33)(H,32,34)/t26-/m1/s1. The van der Waals surface area contributed by atoms with Gasteiger partial charge in [0, 0.05) is 9.99 Å². The second kappa shape index (κ2) is 10.7. The smallest absolute Gasteiger partial charge is 0.240 e. The molecule has 4 aromatic carbocycles. The number of amides is 2. The van der Waals surface area contributed by atoms with Crippen molar-refractivity contribution in [3.8, 4) is 0 Å². The maximum Gasteiger partial charge on any atom is 0.240 e. The topological polar surface area (TPSA) is 72.2 Å². The van der Waals surface area contributed by atoms with E-state index in [1.54, 1.807) is 0 Å². The van der Waals surface area contributed by atoms with Gasteiger partial charge in [0.1, 0.15) is 11.5 Å². The number of primary amides is 1. The van der Waals surface area contributed by atoms with Crippen LogP contribution in [-0.4, -0.2) is 17.9 Å². The number of carbonyl (C=O) groups is 2. The zero-order chi connectivity index (χ0) is 24.0.